The summed E-state index contributed by atoms with van der Waals surface area (Å²) in [7, 11) is 0. The maximum Gasteiger partial charge on any atom is 0.282 e. The first kappa shape index (κ1) is 18.4. The molecule has 3 amide bonds. The van der Waals surface area contributed by atoms with E-state index in [-0.39, 0.29) is 24.5 Å². The minimum absolute atomic E-state index is 0.0837. The number of benzene rings is 2. The van der Waals surface area contributed by atoms with Crippen LogP contribution in [0.2, 0.25) is 0 Å². The molecule has 2 aliphatic heterocycles. The summed E-state index contributed by atoms with van der Waals surface area (Å²) in [6, 6.07) is 7.86. The Morgan fingerprint density at radius 2 is 1.97 bits per heavy atom. The fourth-order valence-electron chi connectivity index (χ4n) is 3.29. The number of imide groups is 1. The van der Waals surface area contributed by atoms with Crippen molar-refractivity contribution in [3.8, 4) is 11.5 Å². The molecule has 2 aliphatic rings. The van der Waals surface area contributed by atoms with Gasteiger partial charge in [0.25, 0.3) is 17.5 Å². The monoisotopic (exact) mass is 397 g/mol. The molecule has 0 spiro atoms. The van der Waals surface area contributed by atoms with Crippen molar-refractivity contribution in [2.24, 2.45) is 0 Å². The Balaban J connectivity index is 1.49. The van der Waals surface area contributed by atoms with E-state index >= 15 is 0 Å². The van der Waals surface area contributed by atoms with Crippen LogP contribution in [-0.4, -0.2) is 40.4 Å². The Hall–Kier alpha value is -3.95. The Kier molecular flexibility index (Phi) is 4.38. The lowest BCUT2D eigenvalue weighted by molar-refractivity contribution is -0.385. The van der Waals surface area contributed by atoms with Crippen molar-refractivity contribution in [2.75, 3.05) is 6.79 Å². The van der Waals surface area contributed by atoms with Crippen LogP contribution in [0.3, 0.4) is 0 Å². The lowest BCUT2D eigenvalue weighted by Crippen LogP contribution is -2.47. The standard InChI is InChI=1S/C19H15N3O7/c1-10(17(23)20-8-11-5-6-14-15(7-11)29-9-28-14)21-18(24)12-3-2-4-13(22(26)27)16(12)19(21)25/h2-7,10H,8-9H2,1H3,(H,20,23). The molecule has 148 valence electrons. The number of ether oxygens (including phenoxy) is 2. The number of nitrogens with one attached hydrogen (secondary N) is 1. The summed E-state index contributed by atoms with van der Waals surface area (Å²) in [5, 5.41) is 13.8. The fourth-order valence-corrected chi connectivity index (χ4v) is 3.29. The Morgan fingerprint density at radius 3 is 2.72 bits per heavy atom. The molecule has 0 bridgehead atoms. The number of carbonyl (C=O) groups is 3. The third-order valence-electron chi connectivity index (χ3n) is 4.79. The molecule has 2 aromatic rings. The molecule has 10 nitrogen and oxygen atoms in total. The Bertz CT molecular complexity index is 1070. The van der Waals surface area contributed by atoms with E-state index in [4.69, 9.17) is 9.47 Å². The van der Waals surface area contributed by atoms with E-state index in [9.17, 15) is 24.5 Å². The maximum atomic E-state index is 12.7. The van der Waals surface area contributed by atoms with Gasteiger partial charge in [0.05, 0.1) is 10.5 Å². The Morgan fingerprint density at radius 1 is 1.21 bits per heavy atom. The molecule has 0 saturated heterocycles. The number of amides is 3. The number of nitro benzene ring substituents is 1. The second-order valence-electron chi connectivity index (χ2n) is 6.52. The van der Waals surface area contributed by atoms with Gasteiger partial charge in [0, 0.05) is 12.6 Å². The van der Waals surface area contributed by atoms with Gasteiger partial charge < -0.3 is 14.8 Å². The SMILES string of the molecule is CC(C(=O)NCc1ccc2c(c1)OCO2)N1C(=O)c2cccc([N+](=O)[O-])c2C1=O. The zero-order chi connectivity index (χ0) is 20.7. The molecule has 29 heavy (non-hydrogen) atoms. The van der Waals surface area contributed by atoms with Crippen LogP contribution in [0.4, 0.5) is 5.69 Å². The van der Waals surface area contributed by atoms with Crippen molar-refractivity contribution in [1.82, 2.24) is 10.2 Å². The lowest BCUT2D eigenvalue weighted by atomic mass is 10.1. The van der Waals surface area contributed by atoms with Gasteiger partial charge in [-0.2, -0.15) is 0 Å². The van der Waals surface area contributed by atoms with Crippen molar-refractivity contribution in [3.05, 3.63) is 63.2 Å². The molecule has 2 aromatic carbocycles. The molecule has 4 rings (SSSR count). The van der Waals surface area contributed by atoms with Crippen LogP contribution in [0.25, 0.3) is 0 Å². The third-order valence-corrected chi connectivity index (χ3v) is 4.79. The highest BCUT2D eigenvalue weighted by Gasteiger charge is 2.44. The van der Waals surface area contributed by atoms with Crippen molar-refractivity contribution in [3.63, 3.8) is 0 Å². The van der Waals surface area contributed by atoms with E-state index in [1.54, 1.807) is 18.2 Å². The highest BCUT2D eigenvalue weighted by molar-refractivity contribution is 6.24. The number of hydrogen-bond donors (Lipinski definition) is 1. The molecule has 0 aromatic heterocycles. The van der Waals surface area contributed by atoms with E-state index < -0.39 is 34.4 Å². The van der Waals surface area contributed by atoms with Crippen molar-refractivity contribution < 1.29 is 28.8 Å². The topological polar surface area (TPSA) is 128 Å². The zero-order valence-electron chi connectivity index (χ0n) is 15.2. The average molecular weight is 397 g/mol. The van der Waals surface area contributed by atoms with Crippen LogP contribution in [0.15, 0.2) is 36.4 Å². The van der Waals surface area contributed by atoms with Crippen LogP contribution in [0.1, 0.15) is 33.2 Å². The van der Waals surface area contributed by atoms with Crippen molar-refractivity contribution in [1.29, 1.82) is 0 Å². The van der Waals surface area contributed by atoms with Gasteiger partial charge in [-0.15, -0.1) is 0 Å². The smallest absolute Gasteiger partial charge is 0.282 e. The predicted molar refractivity (Wildman–Crippen MR) is 97.5 cm³/mol. The van der Waals surface area contributed by atoms with E-state index in [1.807, 2.05) is 0 Å². The second-order valence-corrected chi connectivity index (χ2v) is 6.52. The molecular weight excluding hydrogens is 382 g/mol. The van der Waals surface area contributed by atoms with Crippen molar-refractivity contribution in [2.45, 2.75) is 19.5 Å². The minimum Gasteiger partial charge on any atom is -0.454 e. The molecule has 0 radical (unpaired) electrons. The lowest BCUT2D eigenvalue weighted by Gasteiger charge is -2.21. The summed E-state index contributed by atoms with van der Waals surface area (Å²) in [5.74, 6) is -0.985. The van der Waals surface area contributed by atoms with Gasteiger partial charge in [0.15, 0.2) is 11.5 Å². The summed E-state index contributed by atoms with van der Waals surface area (Å²) >= 11 is 0. The van der Waals surface area contributed by atoms with Crippen LogP contribution >= 0.6 is 0 Å². The number of nitrogens with zero attached hydrogens (tertiary/aromatic N) is 2. The number of rotatable bonds is 5. The molecule has 0 fully saturated rings. The third kappa shape index (κ3) is 3.04. The van der Waals surface area contributed by atoms with Crippen LogP contribution < -0.4 is 14.8 Å². The Labute approximate surface area is 164 Å². The van der Waals surface area contributed by atoms with Gasteiger partial charge in [-0.25, -0.2) is 0 Å². The highest BCUT2D eigenvalue weighted by atomic mass is 16.7. The van der Waals surface area contributed by atoms with Gasteiger partial charge in [-0.05, 0) is 30.7 Å². The number of carbonyl (C=O) groups excluding carboxylic acids is 3. The molecule has 1 N–H and O–H groups in total. The molecule has 0 saturated carbocycles. The minimum atomic E-state index is -1.14. The largest absolute Gasteiger partial charge is 0.454 e. The first-order valence-electron chi connectivity index (χ1n) is 8.70. The molecule has 10 heteroatoms. The van der Waals surface area contributed by atoms with E-state index in [0.29, 0.717) is 11.5 Å². The number of hydrogen-bond acceptors (Lipinski definition) is 7. The number of nitro groups is 1. The first-order chi connectivity index (χ1) is 13.9. The summed E-state index contributed by atoms with van der Waals surface area (Å²) in [6.45, 7) is 1.67. The molecule has 1 unspecified atom stereocenters. The highest BCUT2D eigenvalue weighted by Crippen LogP contribution is 2.33. The maximum absolute atomic E-state index is 12.7. The van der Waals surface area contributed by atoms with Gasteiger partial charge in [0.2, 0.25) is 12.7 Å². The second kappa shape index (κ2) is 6.89. The fraction of sp³-hybridized carbons (Fsp3) is 0.211. The summed E-state index contributed by atoms with van der Waals surface area (Å²) in [5.41, 5.74) is -0.0957. The first-order valence-corrected chi connectivity index (χ1v) is 8.70. The van der Waals surface area contributed by atoms with Gasteiger partial charge >= 0.3 is 0 Å². The van der Waals surface area contributed by atoms with Gasteiger partial charge in [0.1, 0.15) is 11.6 Å². The quantitative estimate of drug-likeness (QED) is 0.461. The molecular formula is C19H15N3O7. The van der Waals surface area contributed by atoms with Crippen LogP contribution in [0, 0.1) is 10.1 Å². The van der Waals surface area contributed by atoms with E-state index in [0.717, 1.165) is 16.5 Å². The summed E-state index contributed by atoms with van der Waals surface area (Å²) in [4.78, 5) is 49.0. The van der Waals surface area contributed by atoms with Gasteiger partial charge in [-0.1, -0.05) is 12.1 Å². The van der Waals surface area contributed by atoms with Crippen LogP contribution in [-0.2, 0) is 11.3 Å². The molecule has 2 heterocycles. The normalized spacial score (nSPS) is 15.3. The van der Waals surface area contributed by atoms with E-state index in [2.05, 4.69) is 5.32 Å². The summed E-state index contributed by atoms with van der Waals surface area (Å²) in [6.07, 6.45) is 0. The van der Waals surface area contributed by atoms with Crippen LogP contribution in [0.5, 0.6) is 11.5 Å². The molecule has 0 aliphatic carbocycles. The average Bonchev–Trinajstić information content (AvgIpc) is 3.28. The predicted octanol–water partition coefficient (Wildman–Crippen LogP) is 1.62. The van der Waals surface area contributed by atoms with E-state index in [1.165, 1.54) is 19.1 Å². The summed E-state index contributed by atoms with van der Waals surface area (Å²) < 4.78 is 10.5. The van der Waals surface area contributed by atoms with Gasteiger partial charge in [-0.3, -0.25) is 29.4 Å². The van der Waals surface area contributed by atoms with Crippen molar-refractivity contribution >= 4 is 23.4 Å². The molecule has 1 atom stereocenters. The number of fused-ring (bicyclic) bond motifs is 2. The zero-order valence-corrected chi connectivity index (χ0v) is 15.2.